The van der Waals surface area contributed by atoms with E-state index in [0.29, 0.717) is 15.7 Å². The molecule has 7 heteroatoms. The molecule has 2 rings (SSSR count). The third-order valence-corrected chi connectivity index (χ3v) is 4.82. The molecule has 0 fully saturated rings. The number of benzene rings is 2. The molecule has 21 heavy (non-hydrogen) atoms. The van der Waals surface area contributed by atoms with Gasteiger partial charge in [-0.2, -0.15) is 0 Å². The SMILES string of the molecule is C[Se](=O)c1ccccc1C(=O)Nc1ccc([N+](=O)[O-])cc1. The van der Waals surface area contributed by atoms with E-state index in [9.17, 15) is 18.7 Å². The summed E-state index contributed by atoms with van der Waals surface area (Å²) in [6.07, 6.45) is 0. The van der Waals surface area contributed by atoms with Crippen molar-refractivity contribution < 1.29 is 13.6 Å². The molecule has 0 radical (unpaired) electrons. The number of hydrogen-bond donors (Lipinski definition) is 1. The number of amides is 1. The predicted octanol–water partition coefficient (Wildman–Crippen LogP) is 2.11. The van der Waals surface area contributed by atoms with Crippen LogP contribution in [0.4, 0.5) is 11.4 Å². The van der Waals surface area contributed by atoms with Gasteiger partial charge in [-0.1, -0.05) is 0 Å². The molecule has 0 aliphatic rings. The molecule has 0 heterocycles. The van der Waals surface area contributed by atoms with Crippen LogP contribution in [0.1, 0.15) is 10.4 Å². The summed E-state index contributed by atoms with van der Waals surface area (Å²) in [5, 5.41) is 13.2. The van der Waals surface area contributed by atoms with Crippen LogP contribution in [0.25, 0.3) is 0 Å². The first-order valence-electron chi connectivity index (χ1n) is 5.97. The first-order chi connectivity index (χ1) is 9.99. The van der Waals surface area contributed by atoms with E-state index in [1.165, 1.54) is 24.3 Å². The van der Waals surface area contributed by atoms with Gasteiger partial charge in [-0.25, -0.2) is 0 Å². The minimum atomic E-state index is -2.22. The van der Waals surface area contributed by atoms with Gasteiger partial charge < -0.3 is 0 Å². The summed E-state index contributed by atoms with van der Waals surface area (Å²) < 4.78 is 12.2. The third-order valence-electron chi connectivity index (χ3n) is 2.78. The molecule has 0 saturated heterocycles. The van der Waals surface area contributed by atoms with Crippen molar-refractivity contribution >= 4 is 35.6 Å². The van der Waals surface area contributed by atoms with Crippen LogP contribution < -0.4 is 9.78 Å². The van der Waals surface area contributed by atoms with E-state index in [2.05, 4.69) is 5.32 Å². The van der Waals surface area contributed by atoms with Gasteiger partial charge in [-0.05, 0) is 0 Å². The Balaban J connectivity index is 2.22. The molecule has 6 nitrogen and oxygen atoms in total. The average molecular weight is 351 g/mol. The van der Waals surface area contributed by atoms with Crippen molar-refractivity contribution in [2.24, 2.45) is 0 Å². The molecule has 108 valence electrons. The summed E-state index contributed by atoms with van der Waals surface area (Å²) in [5.74, 6) is 1.21. The molecule has 1 unspecified atom stereocenters. The van der Waals surface area contributed by atoms with E-state index in [-0.39, 0.29) is 11.6 Å². The Hall–Kier alpha value is -2.37. The van der Waals surface area contributed by atoms with Crippen LogP contribution in [-0.2, 0) is 3.83 Å². The van der Waals surface area contributed by atoms with Gasteiger partial charge in [0.1, 0.15) is 0 Å². The van der Waals surface area contributed by atoms with Crippen molar-refractivity contribution in [1.29, 1.82) is 0 Å². The average Bonchev–Trinajstić information content (AvgIpc) is 2.47. The number of non-ortho nitro benzene ring substituents is 1. The zero-order valence-electron chi connectivity index (χ0n) is 11.1. The maximum atomic E-state index is 12.2. The van der Waals surface area contributed by atoms with Crippen molar-refractivity contribution in [3.05, 3.63) is 64.2 Å². The summed E-state index contributed by atoms with van der Waals surface area (Å²) >= 11 is -2.22. The number of nitrogens with one attached hydrogen (secondary N) is 1. The second-order valence-electron chi connectivity index (χ2n) is 4.21. The van der Waals surface area contributed by atoms with Crippen molar-refractivity contribution in [2.45, 2.75) is 5.82 Å². The number of nitro benzene ring substituents is 1. The van der Waals surface area contributed by atoms with Gasteiger partial charge in [-0.3, -0.25) is 0 Å². The van der Waals surface area contributed by atoms with Gasteiger partial charge in [0.05, 0.1) is 0 Å². The van der Waals surface area contributed by atoms with Gasteiger partial charge in [0.25, 0.3) is 0 Å². The molecule has 0 spiro atoms. The van der Waals surface area contributed by atoms with Crippen molar-refractivity contribution in [3.8, 4) is 0 Å². The molecule has 2 aromatic carbocycles. The Morgan fingerprint density at radius 3 is 2.33 bits per heavy atom. The van der Waals surface area contributed by atoms with Crippen LogP contribution in [-0.4, -0.2) is 24.7 Å². The molecule has 0 bridgehead atoms. The molecule has 0 aliphatic carbocycles. The van der Waals surface area contributed by atoms with Crippen LogP contribution in [0.5, 0.6) is 0 Å². The van der Waals surface area contributed by atoms with E-state index in [4.69, 9.17) is 0 Å². The molecule has 1 atom stereocenters. The van der Waals surface area contributed by atoms with Gasteiger partial charge >= 0.3 is 124 Å². The van der Waals surface area contributed by atoms with E-state index < -0.39 is 18.8 Å². The standard InChI is InChI=1S/C14H12N2O4Se/c1-21(20)13-5-3-2-4-12(13)14(17)15-10-6-8-11(9-7-10)16(18)19/h2-9H,1H3,(H,15,17). The number of nitro groups is 1. The summed E-state index contributed by atoms with van der Waals surface area (Å²) in [6, 6.07) is 12.2. The van der Waals surface area contributed by atoms with E-state index in [1.54, 1.807) is 30.1 Å². The van der Waals surface area contributed by atoms with Crippen LogP contribution in [0.2, 0.25) is 5.82 Å². The normalized spacial score (nSPS) is 11.7. The fourth-order valence-electron chi connectivity index (χ4n) is 1.77. The summed E-state index contributed by atoms with van der Waals surface area (Å²) in [4.78, 5) is 22.2. The number of nitrogens with zero attached hydrogens (tertiary/aromatic N) is 1. The molecule has 1 N–H and O–H groups in total. The van der Waals surface area contributed by atoms with Crippen molar-refractivity contribution in [2.75, 3.05) is 5.32 Å². The van der Waals surface area contributed by atoms with Gasteiger partial charge in [-0.15, -0.1) is 0 Å². The second kappa shape index (κ2) is 6.39. The van der Waals surface area contributed by atoms with Gasteiger partial charge in [0, 0.05) is 0 Å². The molecule has 0 aromatic heterocycles. The Morgan fingerprint density at radius 2 is 1.76 bits per heavy atom. The van der Waals surface area contributed by atoms with E-state index in [0.717, 1.165) is 0 Å². The Morgan fingerprint density at radius 1 is 1.14 bits per heavy atom. The van der Waals surface area contributed by atoms with E-state index in [1.807, 2.05) is 0 Å². The Labute approximate surface area is 125 Å². The predicted molar refractivity (Wildman–Crippen MR) is 79.4 cm³/mol. The molecule has 0 saturated carbocycles. The van der Waals surface area contributed by atoms with E-state index >= 15 is 0 Å². The monoisotopic (exact) mass is 352 g/mol. The molecule has 0 aliphatic heterocycles. The van der Waals surface area contributed by atoms with Crippen LogP contribution in [0.3, 0.4) is 0 Å². The summed E-state index contributed by atoms with van der Waals surface area (Å²) in [6.45, 7) is 0. The first kappa shape index (κ1) is 15.0. The zero-order valence-corrected chi connectivity index (χ0v) is 12.8. The molecular formula is C14H12N2O4Se. The van der Waals surface area contributed by atoms with Crippen LogP contribution >= 0.6 is 0 Å². The van der Waals surface area contributed by atoms with Gasteiger partial charge in [0.15, 0.2) is 0 Å². The fraction of sp³-hybridized carbons (Fsp3) is 0.0714. The number of anilines is 1. The van der Waals surface area contributed by atoms with Crippen molar-refractivity contribution in [1.82, 2.24) is 0 Å². The van der Waals surface area contributed by atoms with Crippen LogP contribution in [0.15, 0.2) is 48.5 Å². The number of hydrogen-bond acceptors (Lipinski definition) is 4. The van der Waals surface area contributed by atoms with Crippen molar-refractivity contribution in [3.63, 3.8) is 0 Å². The molecule has 1 amide bonds. The fourth-order valence-corrected chi connectivity index (χ4v) is 3.32. The minimum absolute atomic E-state index is 0.0479. The summed E-state index contributed by atoms with van der Waals surface area (Å²) in [5.41, 5.74) is 0.755. The molecular weight excluding hydrogens is 339 g/mol. The number of rotatable bonds is 4. The number of carbonyl (C=O) groups is 1. The zero-order chi connectivity index (χ0) is 15.4. The quantitative estimate of drug-likeness (QED) is 0.519. The third kappa shape index (κ3) is 3.59. The Bertz CT molecular complexity index is 713. The van der Waals surface area contributed by atoms with Gasteiger partial charge in [0.2, 0.25) is 0 Å². The van der Waals surface area contributed by atoms with Crippen LogP contribution in [0, 0.1) is 10.1 Å². The number of carbonyl (C=O) groups excluding carboxylic acids is 1. The summed E-state index contributed by atoms with van der Waals surface area (Å²) in [7, 11) is 0. The Kier molecular flexibility index (Phi) is 4.57. The first-order valence-corrected chi connectivity index (χ1v) is 9.24. The molecule has 2 aromatic rings. The topological polar surface area (TPSA) is 89.3 Å². The second-order valence-corrected chi connectivity index (χ2v) is 7.04. The maximum absolute atomic E-state index is 12.2.